The molecule has 2 fully saturated rings. The van der Waals surface area contributed by atoms with Gasteiger partial charge in [0.1, 0.15) is 29.6 Å². The number of likely N-dealkylation sites (tertiary alicyclic amines) is 1. The molecule has 2 aliphatic rings. The summed E-state index contributed by atoms with van der Waals surface area (Å²) in [6, 6.07) is 4.70. The van der Waals surface area contributed by atoms with Gasteiger partial charge in [0.25, 0.3) is 0 Å². The highest BCUT2D eigenvalue weighted by molar-refractivity contribution is 5.89. The van der Waals surface area contributed by atoms with E-state index in [9.17, 15) is 13.2 Å². The highest BCUT2D eigenvalue weighted by atomic mass is 19.4. The van der Waals surface area contributed by atoms with Gasteiger partial charge in [-0.3, -0.25) is 4.90 Å². The molecule has 2 aliphatic heterocycles. The predicted octanol–water partition coefficient (Wildman–Crippen LogP) is 3.67. The lowest BCUT2D eigenvalue weighted by atomic mass is 9.92. The highest BCUT2D eigenvalue weighted by Gasteiger charge is 2.43. The number of pyridine rings is 1. The fraction of sp³-hybridized carbons (Fsp3) is 0.520. The van der Waals surface area contributed by atoms with Crippen LogP contribution in [-0.4, -0.2) is 91.3 Å². The number of fused-ring (bicyclic) bond motifs is 2. The number of alkyl halides is 4. The zero-order chi connectivity index (χ0) is 27.5. The monoisotopic (exact) mass is 547 g/mol. The Balaban J connectivity index is 1.29. The van der Waals surface area contributed by atoms with E-state index in [0.29, 0.717) is 54.3 Å². The molecule has 2 N–H and O–H groups in total. The Morgan fingerprint density at radius 2 is 1.95 bits per heavy atom. The van der Waals surface area contributed by atoms with E-state index in [1.807, 2.05) is 0 Å². The second-order valence-electron chi connectivity index (χ2n) is 10.4. The summed E-state index contributed by atoms with van der Waals surface area (Å²) < 4.78 is 62.7. The Hall–Kier alpha value is -3.52. The van der Waals surface area contributed by atoms with Crippen LogP contribution in [0.3, 0.4) is 0 Å². The molecule has 0 aliphatic carbocycles. The Bertz CT molecular complexity index is 1530. The van der Waals surface area contributed by atoms with Crippen LogP contribution in [0.25, 0.3) is 27.9 Å². The number of hydrogen-bond donors (Lipinski definition) is 2. The number of ether oxygens (including phenoxy) is 1. The molecule has 39 heavy (non-hydrogen) atoms. The van der Waals surface area contributed by atoms with Crippen LogP contribution in [0.15, 0.2) is 24.4 Å². The van der Waals surface area contributed by atoms with Crippen LogP contribution in [0, 0.1) is 6.92 Å². The molecule has 14 heteroatoms. The van der Waals surface area contributed by atoms with Gasteiger partial charge < -0.3 is 19.9 Å². The first-order valence-corrected chi connectivity index (χ1v) is 12.8. The molecule has 0 saturated carbocycles. The van der Waals surface area contributed by atoms with E-state index in [1.54, 1.807) is 36.0 Å². The maximum absolute atomic E-state index is 15.2. The van der Waals surface area contributed by atoms with Crippen molar-refractivity contribution in [2.24, 2.45) is 0 Å². The van der Waals surface area contributed by atoms with E-state index in [1.165, 1.54) is 6.92 Å². The summed E-state index contributed by atoms with van der Waals surface area (Å²) in [6.45, 7) is 4.72. The number of aromatic nitrogens is 6. The number of rotatable bonds is 6. The Labute approximate surface area is 221 Å². The Morgan fingerprint density at radius 1 is 1.15 bits per heavy atom. The quantitative estimate of drug-likeness (QED) is 0.353. The minimum atomic E-state index is -4.41. The molecule has 4 aromatic heterocycles. The van der Waals surface area contributed by atoms with Crippen LogP contribution in [0.5, 0.6) is 0 Å². The maximum atomic E-state index is 15.2. The average Bonchev–Trinajstić information content (AvgIpc) is 3.43. The zero-order valence-corrected chi connectivity index (χ0v) is 21.8. The van der Waals surface area contributed by atoms with Gasteiger partial charge in [0, 0.05) is 31.9 Å². The van der Waals surface area contributed by atoms with E-state index >= 15 is 4.39 Å². The Kier molecular flexibility index (Phi) is 6.14. The molecule has 2 saturated heterocycles. The number of halogens is 4. The van der Waals surface area contributed by atoms with E-state index < -0.39 is 24.9 Å². The number of nitrogens with one attached hydrogen (secondary N) is 2. The van der Waals surface area contributed by atoms with Crippen LogP contribution < -0.4 is 10.6 Å². The summed E-state index contributed by atoms with van der Waals surface area (Å²) in [7, 11) is 1.71. The summed E-state index contributed by atoms with van der Waals surface area (Å²) >= 11 is 0. The van der Waals surface area contributed by atoms with Gasteiger partial charge in [-0.15, -0.1) is 5.10 Å². The standard InChI is InChI=1S/C25H29F4N9O/c1-14-31-19-5-4-17(32-22(19)37(14)11-25(27,28)29)15-6-9-38-20(15)21(30-3)34-23(35-38)33-18-7-8-36(10-16(18)26)24(2)12-39-13-24/h4-6,9,16,18H,7-8,10-13H2,1-3H3,(H2,30,33,34,35)/t16-,18+/m0/s1. The van der Waals surface area contributed by atoms with Gasteiger partial charge in [0.05, 0.1) is 30.5 Å². The maximum Gasteiger partial charge on any atom is 0.406 e. The molecule has 2 atom stereocenters. The van der Waals surface area contributed by atoms with E-state index in [-0.39, 0.29) is 23.0 Å². The van der Waals surface area contributed by atoms with Crippen molar-refractivity contribution in [1.82, 2.24) is 34.0 Å². The molecule has 4 aromatic rings. The zero-order valence-electron chi connectivity index (χ0n) is 21.8. The Morgan fingerprint density at radius 3 is 2.62 bits per heavy atom. The van der Waals surface area contributed by atoms with Crippen LogP contribution >= 0.6 is 0 Å². The van der Waals surface area contributed by atoms with Gasteiger partial charge >= 0.3 is 6.18 Å². The molecule has 0 aromatic carbocycles. The molecule has 208 valence electrons. The summed E-state index contributed by atoms with van der Waals surface area (Å²) in [5.74, 6) is 0.979. The molecule has 0 radical (unpaired) electrons. The van der Waals surface area contributed by atoms with Gasteiger partial charge in [0.2, 0.25) is 5.95 Å². The molecule has 0 amide bonds. The molecule has 0 unspecified atom stereocenters. The fourth-order valence-corrected chi connectivity index (χ4v) is 5.40. The highest BCUT2D eigenvalue weighted by Crippen LogP contribution is 2.33. The summed E-state index contributed by atoms with van der Waals surface area (Å²) in [5, 5.41) is 10.8. The average molecular weight is 548 g/mol. The second kappa shape index (κ2) is 9.30. The van der Waals surface area contributed by atoms with E-state index in [2.05, 4.69) is 42.5 Å². The third-order valence-electron chi connectivity index (χ3n) is 7.59. The number of piperidine rings is 1. The molecular weight excluding hydrogens is 518 g/mol. The topological polar surface area (TPSA) is 97.4 Å². The first kappa shape index (κ1) is 25.7. The molecule has 10 nitrogen and oxygen atoms in total. The van der Waals surface area contributed by atoms with Crippen LogP contribution in [0.4, 0.5) is 29.3 Å². The molecule has 6 rings (SSSR count). The van der Waals surface area contributed by atoms with Gasteiger partial charge in [-0.1, -0.05) is 0 Å². The largest absolute Gasteiger partial charge is 0.406 e. The minimum absolute atomic E-state index is 0.105. The predicted molar refractivity (Wildman–Crippen MR) is 138 cm³/mol. The lowest BCUT2D eigenvalue weighted by molar-refractivity contribution is -0.142. The van der Waals surface area contributed by atoms with Crippen molar-refractivity contribution in [3.63, 3.8) is 0 Å². The van der Waals surface area contributed by atoms with Gasteiger partial charge in [-0.05, 0) is 38.5 Å². The van der Waals surface area contributed by atoms with Gasteiger partial charge in [-0.25, -0.2) is 18.9 Å². The van der Waals surface area contributed by atoms with Crippen molar-refractivity contribution < 1.29 is 22.3 Å². The van der Waals surface area contributed by atoms with Crippen molar-refractivity contribution >= 4 is 28.4 Å². The van der Waals surface area contributed by atoms with Crippen LogP contribution in [-0.2, 0) is 11.3 Å². The molecule has 6 heterocycles. The van der Waals surface area contributed by atoms with Crippen molar-refractivity contribution in [3.05, 3.63) is 30.2 Å². The van der Waals surface area contributed by atoms with Crippen LogP contribution in [0.1, 0.15) is 19.2 Å². The van der Waals surface area contributed by atoms with Crippen molar-refractivity contribution in [3.8, 4) is 11.3 Å². The van der Waals surface area contributed by atoms with E-state index in [4.69, 9.17) is 4.74 Å². The molecular formula is C25H29F4N9O. The number of hydrogen-bond acceptors (Lipinski definition) is 8. The molecule has 0 bridgehead atoms. The minimum Gasteiger partial charge on any atom is -0.377 e. The second-order valence-corrected chi connectivity index (χ2v) is 10.4. The van der Waals surface area contributed by atoms with Crippen molar-refractivity contribution in [1.29, 1.82) is 0 Å². The van der Waals surface area contributed by atoms with Crippen molar-refractivity contribution in [2.45, 2.75) is 50.7 Å². The summed E-state index contributed by atoms with van der Waals surface area (Å²) in [6.07, 6.45) is -3.20. The van der Waals surface area contributed by atoms with E-state index in [0.717, 1.165) is 11.1 Å². The molecule has 0 spiro atoms. The fourth-order valence-electron chi connectivity index (χ4n) is 5.40. The van der Waals surface area contributed by atoms with Crippen LogP contribution in [0.2, 0.25) is 0 Å². The third-order valence-corrected chi connectivity index (χ3v) is 7.59. The smallest absolute Gasteiger partial charge is 0.377 e. The number of nitrogens with zero attached hydrogens (tertiary/aromatic N) is 7. The summed E-state index contributed by atoms with van der Waals surface area (Å²) in [5.41, 5.74) is 2.11. The lowest BCUT2D eigenvalue weighted by Crippen LogP contribution is -2.64. The third kappa shape index (κ3) is 4.65. The van der Waals surface area contributed by atoms with Crippen molar-refractivity contribution in [2.75, 3.05) is 44.0 Å². The number of imidazole rings is 1. The van der Waals surface area contributed by atoms with Gasteiger partial charge in [0.15, 0.2) is 11.5 Å². The SMILES string of the molecule is CNc1nc(N[C@@H]2CCN(C3(C)COC3)C[C@@H]2F)nn2ccc(-c3ccc4nc(C)n(CC(F)(F)F)c4n3)c12. The number of aryl methyl sites for hydroxylation is 1. The van der Waals surface area contributed by atoms with Gasteiger partial charge in [-0.2, -0.15) is 18.2 Å². The summed E-state index contributed by atoms with van der Waals surface area (Å²) in [4.78, 5) is 15.5. The lowest BCUT2D eigenvalue weighted by Gasteiger charge is -2.50. The first-order chi connectivity index (χ1) is 18.5. The number of anilines is 2. The first-order valence-electron chi connectivity index (χ1n) is 12.8. The normalized spacial score (nSPS) is 21.8.